The summed E-state index contributed by atoms with van der Waals surface area (Å²) in [6.07, 6.45) is 7.61. The Bertz CT molecular complexity index is 1190. The van der Waals surface area contributed by atoms with Crippen LogP contribution in [-0.2, 0) is 27.9 Å². The molecule has 0 fully saturated rings. The molecule has 2 heterocycles. The summed E-state index contributed by atoms with van der Waals surface area (Å²) in [5, 5.41) is 7.39. The summed E-state index contributed by atoms with van der Waals surface area (Å²) in [6.45, 7) is 0.422. The van der Waals surface area contributed by atoms with Crippen molar-refractivity contribution in [1.29, 1.82) is 0 Å². The summed E-state index contributed by atoms with van der Waals surface area (Å²) in [7, 11) is -1.36. The van der Waals surface area contributed by atoms with Gasteiger partial charge in [0, 0.05) is 40.2 Å². The van der Waals surface area contributed by atoms with Gasteiger partial charge in [0.2, 0.25) is 5.91 Å². The highest BCUT2D eigenvalue weighted by Crippen LogP contribution is 2.21. The van der Waals surface area contributed by atoms with Crippen LogP contribution < -0.4 is 5.32 Å². The number of benzene rings is 2. The first-order valence-corrected chi connectivity index (χ1v) is 12.9. The maximum atomic E-state index is 12.8. The Hall–Kier alpha value is -3.10. The highest BCUT2D eigenvalue weighted by atomic mass is 32.2. The fourth-order valence-corrected chi connectivity index (χ4v) is 4.81. The third-order valence-corrected chi connectivity index (χ3v) is 6.88. The molecule has 2 aromatic carbocycles. The number of thioether (sulfide) groups is 1. The summed E-state index contributed by atoms with van der Waals surface area (Å²) in [5.41, 5.74) is 2.75. The van der Waals surface area contributed by atoms with E-state index in [0.29, 0.717) is 6.54 Å². The van der Waals surface area contributed by atoms with Gasteiger partial charge in [0.1, 0.15) is 11.6 Å². The van der Waals surface area contributed by atoms with Gasteiger partial charge in [0.25, 0.3) is 0 Å². The molecule has 4 aromatic rings. The van der Waals surface area contributed by atoms with Crippen molar-refractivity contribution in [3.05, 3.63) is 96.4 Å². The molecule has 0 aliphatic carbocycles. The number of amides is 1. The second-order valence-corrected chi connectivity index (χ2v) is 9.52. The van der Waals surface area contributed by atoms with E-state index >= 15 is 0 Å². The smallest absolute Gasteiger partial charge is 0.232 e. The van der Waals surface area contributed by atoms with Crippen LogP contribution in [0.2, 0.25) is 0 Å². The zero-order valence-electron chi connectivity index (χ0n) is 17.7. The molecule has 0 bridgehead atoms. The summed E-state index contributed by atoms with van der Waals surface area (Å²) in [5.74, 6) is 0.792. The topological polar surface area (TPSA) is 68.9 Å². The third-order valence-electron chi connectivity index (χ3n) is 4.92. The van der Waals surface area contributed by atoms with Crippen LogP contribution in [0.5, 0.6) is 0 Å². The number of carbonyl (C=O) groups is 1. The van der Waals surface area contributed by atoms with Gasteiger partial charge < -0.3 is 9.88 Å². The van der Waals surface area contributed by atoms with Gasteiger partial charge in [-0.25, -0.2) is 4.68 Å². The molecule has 0 radical (unpaired) electrons. The van der Waals surface area contributed by atoms with Crippen LogP contribution in [0.4, 0.5) is 0 Å². The van der Waals surface area contributed by atoms with Crippen molar-refractivity contribution in [2.75, 3.05) is 12.0 Å². The average molecular weight is 465 g/mol. The fourth-order valence-electron chi connectivity index (χ4n) is 3.35. The van der Waals surface area contributed by atoms with Crippen LogP contribution in [0.1, 0.15) is 11.1 Å². The molecule has 0 saturated carbocycles. The summed E-state index contributed by atoms with van der Waals surface area (Å²) in [6, 6.07) is 21.7. The molecule has 1 N–H and O–H groups in total. The largest absolute Gasteiger partial charge is 0.351 e. The maximum absolute atomic E-state index is 12.8. The van der Waals surface area contributed by atoms with E-state index in [1.165, 1.54) is 4.90 Å². The molecule has 1 amide bonds. The highest BCUT2D eigenvalue weighted by molar-refractivity contribution is 7.98. The van der Waals surface area contributed by atoms with E-state index in [0.717, 1.165) is 22.6 Å². The second-order valence-electron chi connectivity index (χ2n) is 7.18. The fraction of sp³-hybridized carbons (Fsp3) is 0.167. The van der Waals surface area contributed by atoms with Crippen molar-refractivity contribution in [1.82, 2.24) is 19.7 Å². The van der Waals surface area contributed by atoms with Crippen molar-refractivity contribution < 1.29 is 9.00 Å². The normalized spacial score (nSPS) is 11.9. The maximum Gasteiger partial charge on any atom is 0.232 e. The van der Waals surface area contributed by atoms with Gasteiger partial charge in [-0.3, -0.25) is 9.00 Å². The monoisotopic (exact) mass is 464 g/mol. The molecule has 32 heavy (non-hydrogen) atoms. The summed E-state index contributed by atoms with van der Waals surface area (Å²) >= 11 is 1.68. The Labute approximate surface area is 194 Å². The molecule has 0 spiro atoms. The molecule has 164 valence electrons. The van der Waals surface area contributed by atoms with Gasteiger partial charge >= 0.3 is 0 Å². The number of para-hydroxylation sites is 1. The lowest BCUT2D eigenvalue weighted by molar-refractivity contribution is -0.118. The van der Waals surface area contributed by atoms with Gasteiger partial charge in [0.05, 0.1) is 17.6 Å². The molecule has 0 unspecified atom stereocenters. The minimum absolute atomic E-state index is 0.0511. The molecule has 6 nitrogen and oxygen atoms in total. The van der Waals surface area contributed by atoms with Gasteiger partial charge in [-0.1, -0.05) is 30.3 Å². The van der Waals surface area contributed by atoms with E-state index in [4.69, 9.17) is 0 Å². The predicted octanol–water partition coefficient (Wildman–Crippen LogP) is 3.95. The number of hydrogen-bond donors (Lipinski definition) is 1. The molecular formula is C24H24N4O2S2. The second kappa shape index (κ2) is 10.5. The summed E-state index contributed by atoms with van der Waals surface area (Å²) in [4.78, 5) is 13.5. The van der Waals surface area contributed by atoms with Crippen LogP contribution in [0.25, 0.3) is 11.5 Å². The van der Waals surface area contributed by atoms with E-state index in [-0.39, 0.29) is 17.4 Å². The number of nitrogens with zero attached hydrogens (tertiary/aromatic N) is 3. The highest BCUT2D eigenvalue weighted by Gasteiger charge is 2.17. The summed E-state index contributed by atoms with van der Waals surface area (Å²) < 4.78 is 16.6. The zero-order chi connectivity index (χ0) is 22.3. The van der Waals surface area contributed by atoms with Crippen molar-refractivity contribution in [2.24, 2.45) is 0 Å². The minimum atomic E-state index is -1.36. The van der Waals surface area contributed by atoms with E-state index in [9.17, 15) is 9.00 Å². The van der Waals surface area contributed by atoms with Gasteiger partial charge in [-0.15, -0.1) is 11.8 Å². The first-order valence-electron chi connectivity index (χ1n) is 10.1. The molecule has 0 saturated heterocycles. The first-order chi connectivity index (χ1) is 15.6. The first kappa shape index (κ1) is 22.1. The molecule has 0 aliphatic heterocycles. The van der Waals surface area contributed by atoms with Gasteiger partial charge in [-0.05, 0) is 48.2 Å². The number of carbonyl (C=O) groups excluding carboxylic acids is 1. The van der Waals surface area contributed by atoms with E-state index in [1.807, 2.05) is 94.6 Å². The van der Waals surface area contributed by atoms with E-state index in [1.54, 1.807) is 18.0 Å². The Balaban J connectivity index is 1.42. The predicted molar refractivity (Wildman–Crippen MR) is 130 cm³/mol. The van der Waals surface area contributed by atoms with Gasteiger partial charge in [-0.2, -0.15) is 5.10 Å². The van der Waals surface area contributed by atoms with Crippen molar-refractivity contribution in [3.63, 3.8) is 0 Å². The lowest BCUT2D eigenvalue weighted by Gasteiger charge is -2.11. The number of aromatic nitrogens is 3. The lowest BCUT2D eigenvalue weighted by atomic mass is 10.2. The average Bonchev–Trinajstić information content (AvgIpc) is 3.48. The Morgan fingerprint density at radius 1 is 1.03 bits per heavy atom. The molecule has 0 aliphatic rings. The van der Waals surface area contributed by atoms with Crippen LogP contribution in [0.15, 0.2) is 90.2 Å². The van der Waals surface area contributed by atoms with E-state index in [2.05, 4.69) is 10.4 Å². The molecule has 4 rings (SSSR count). The number of rotatable bonds is 9. The quantitative estimate of drug-likeness (QED) is 0.381. The standard InChI is InChI=1S/C24H24N4O2S2/c1-31-22-11-9-19(10-12-22)15-25-23(29)18-32(30)17-20-16-26-28(21-7-3-2-4-8-21)24(20)27-13-5-6-14-27/h2-14,16H,15,17-18H2,1H3,(H,25,29)/t32-/m1/s1. The van der Waals surface area contributed by atoms with Crippen LogP contribution >= 0.6 is 11.8 Å². The van der Waals surface area contributed by atoms with Gasteiger partial charge in [0.15, 0.2) is 0 Å². The van der Waals surface area contributed by atoms with Crippen molar-refractivity contribution >= 4 is 28.5 Å². The van der Waals surface area contributed by atoms with E-state index < -0.39 is 10.8 Å². The third kappa shape index (κ3) is 5.38. The SMILES string of the molecule is CSc1ccc(CNC(=O)C[S@](=O)Cc2cnn(-c3ccccc3)c2-n2cccc2)cc1. The number of hydrogen-bond acceptors (Lipinski definition) is 4. The number of nitrogens with one attached hydrogen (secondary N) is 1. The minimum Gasteiger partial charge on any atom is -0.351 e. The zero-order valence-corrected chi connectivity index (χ0v) is 19.3. The van der Waals surface area contributed by atoms with Crippen LogP contribution in [-0.4, -0.2) is 36.5 Å². The molecule has 8 heteroatoms. The van der Waals surface area contributed by atoms with Crippen molar-refractivity contribution in [2.45, 2.75) is 17.2 Å². The van der Waals surface area contributed by atoms with Crippen LogP contribution in [0.3, 0.4) is 0 Å². The Morgan fingerprint density at radius 2 is 1.75 bits per heavy atom. The molecular weight excluding hydrogens is 440 g/mol. The molecule has 2 aromatic heterocycles. The van der Waals surface area contributed by atoms with Crippen molar-refractivity contribution in [3.8, 4) is 11.5 Å². The van der Waals surface area contributed by atoms with Crippen LogP contribution in [0, 0.1) is 0 Å². The Morgan fingerprint density at radius 3 is 2.44 bits per heavy atom. The molecule has 1 atom stereocenters. The lowest BCUT2D eigenvalue weighted by Crippen LogP contribution is -2.28. The Kier molecular flexibility index (Phi) is 7.24.